The van der Waals surface area contributed by atoms with Crippen LogP contribution < -0.4 is 0 Å². The Hall–Kier alpha value is 1.34. The van der Waals surface area contributed by atoms with Crippen LogP contribution in [0.25, 0.3) is 0 Å². The van der Waals surface area contributed by atoms with Crippen molar-refractivity contribution in [1.82, 2.24) is 0 Å². The van der Waals surface area contributed by atoms with Crippen molar-refractivity contribution in [3.05, 3.63) is 0 Å². The molecule has 0 aliphatic carbocycles. The SMILES string of the molecule is CCO[Si](OCC)(OCC)O[Si](C)(C)O[Si](C)(C)O[Si](C)(C)O[Si](C)(C)O[Si](C)(C)O[Si](C)(C)O[SiH](C)C. The molecule has 0 aromatic heterocycles. The van der Waals surface area contributed by atoms with Crippen LogP contribution in [0.15, 0.2) is 0 Å². The van der Waals surface area contributed by atoms with Gasteiger partial charge in [-0.1, -0.05) is 0 Å². The van der Waals surface area contributed by atoms with Crippen LogP contribution in [0.5, 0.6) is 0 Å². The highest BCUT2D eigenvalue weighted by atomic mass is 28.5. The Morgan fingerprint density at radius 2 is 0.632 bits per heavy atom. The average Bonchev–Trinajstić information content (AvgIpc) is 2.54. The van der Waals surface area contributed by atoms with Gasteiger partial charge in [-0.3, -0.25) is 0 Å². The van der Waals surface area contributed by atoms with Crippen LogP contribution in [-0.4, -0.2) is 89.3 Å². The molecule has 0 radical (unpaired) electrons. The van der Waals surface area contributed by atoms with Gasteiger partial charge in [0.25, 0.3) is 0 Å². The maximum atomic E-state index is 6.66. The zero-order valence-electron chi connectivity index (χ0n) is 27.3. The second-order valence-corrected chi connectivity index (χ2v) is 38.6. The lowest BCUT2D eigenvalue weighted by molar-refractivity contribution is 0.00148. The lowest BCUT2D eigenvalue weighted by Crippen LogP contribution is -2.62. The van der Waals surface area contributed by atoms with E-state index in [2.05, 4.69) is 52.4 Å². The summed E-state index contributed by atoms with van der Waals surface area (Å²) in [6.45, 7) is 35.8. The van der Waals surface area contributed by atoms with Crippen LogP contribution in [0.1, 0.15) is 20.8 Å². The topological polar surface area (TPSA) is 92.3 Å². The molecular formula is C20H58O10Si8. The van der Waals surface area contributed by atoms with Gasteiger partial charge in [-0.25, -0.2) is 0 Å². The summed E-state index contributed by atoms with van der Waals surface area (Å²) < 4.78 is 63.3. The maximum absolute atomic E-state index is 6.66. The molecule has 0 aromatic rings. The Bertz CT molecular complexity index is 690. The number of rotatable bonds is 20. The van der Waals surface area contributed by atoms with Crippen molar-refractivity contribution in [3.8, 4) is 0 Å². The Morgan fingerprint density at radius 1 is 0.395 bits per heavy atom. The molecule has 0 aromatic carbocycles. The first-order valence-electron chi connectivity index (χ1n) is 13.6. The number of hydrogen-bond acceptors (Lipinski definition) is 10. The van der Waals surface area contributed by atoms with E-state index < -0.39 is 69.5 Å². The van der Waals surface area contributed by atoms with Crippen molar-refractivity contribution in [2.45, 2.75) is 112 Å². The molecule has 0 spiro atoms. The van der Waals surface area contributed by atoms with Gasteiger partial charge in [-0.2, -0.15) is 0 Å². The molecule has 0 rings (SSSR count). The minimum atomic E-state index is -3.33. The lowest BCUT2D eigenvalue weighted by Gasteiger charge is -2.43. The molecular weight excluding hydrogens is 625 g/mol. The molecule has 0 atom stereocenters. The Kier molecular flexibility index (Phi) is 15.7. The van der Waals surface area contributed by atoms with E-state index in [0.717, 1.165) is 0 Å². The summed E-state index contributed by atoms with van der Waals surface area (Å²) in [7, 11) is -20.0. The van der Waals surface area contributed by atoms with Crippen LogP contribution in [0.2, 0.25) is 91.7 Å². The molecule has 0 heterocycles. The molecule has 0 unspecified atom stereocenters. The van der Waals surface area contributed by atoms with Crippen molar-refractivity contribution in [2.75, 3.05) is 19.8 Å². The highest BCUT2D eigenvalue weighted by Crippen LogP contribution is 2.29. The zero-order chi connectivity index (χ0) is 30.3. The highest BCUT2D eigenvalue weighted by molar-refractivity contribution is 6.91. The van der Waals surface area contributed by atoms with Gasteiger partial charge < -0.3 is 42.1 Å². The van der Waals surface area contributed by atoms with Gasteiger partial charge in [-0.15, -0.1) is 0 Å². The Labute approximate surface area is 243 Å². The molecule has 0 amide bonds. The first-order valence-corrected chi connectivity index (χ1v) is 35.0. The summed E-state index contributed by atoms with van der Waals surface area (Å²) >= 11 is 0. The minimum absolute atomic E-state index is 0.427. The van der Waals surface area contributed by atoms with Gasteiger partial charge in [-0.05, 0) is 112 Å². The fraction of sp³-hybridized carbons (Fsp3) is 1.00. The number of hydrogen-bond donors (Lipinski definition) is 0. The average molecular weight is 683 g/mol. The molecule has 0 aliphatic rings. The fourth-order valence-corrected chi connectivity index (χ4v) is 40.7. The first-order chi connectivity index (χ1) is 16.8. The van der Waals surface area contributed by atoms with Crippen molar-refractivity contribution in [1.29, 1.82) is 0 Å². The summed E-state index contributed by atoms with van der Waals surface area (Å²) in [5.41, 5.74) is 0. The predicted molar refractivity (Wildman–Crippen MR) is 172 cm³/mol. The molecule has 0 N–H and O–H groups in total. The molecule has 10 nitrogen and oxygen atoms in total. The van der Waals surface area contributed by atoms with Crippen LogP contribution in [0.3, 0.4) is 0 Å². The van der Waals surface area contributed by atoms with E-state index >= 15 is 0 Å². The third kappa shape index (κ3) is 16.7. The standard InChI is InChI=1S/C20H58O10Si8/c1-18-21-38(22-19-2,23-20-3)30-37(16,17)29-36(14,15)28-35(12,13)27-34(10,11)26-33(8,9)25-32(6,7)24-31(4)5/h31H,18-20H2,1-17H3. The Morgan fingerprint density at radius 3 is 0.868 bits per heavy atom. The second-order valence-electron chi connectivity index (χ2n) is 12.0. The van der Waals surface area contributed by atoms with Gasteiger partial charge in [0, 0.05) is 19.8 Å². The third-order valence-corrected chi connectivity index (χ3v) is 33.0. The van der Waals surface area contributed by atoms with Gasteiger partial charge in [0.2, 0.25) is 0 Å². The normalized spacial score (nSPS) is 15.0. The van der Waals surface area contributed by atoms with Gasteiger partial charge >= 0.3 is 60.4 Å². The molecule has 0 fully saturated rings. The van der Waals surface area contributed by atoms with Gasteiger partial charge in [0.05, 0.1) is 0 Å². The molecule has 38 heavy (non-hydrogen) atoms. The largest absolute Gasteiger partial charge is 0.670 e. The summed E-state index contributed by atoms with van der Waals surface area (Å²) in [5.74, 6) is 0. The van der Waals surface area contributed by atoms with E-state index in [1.54, 1.807) is 0 Å². The first kappa shape index (κ1) is 39.3. The second kappa shape index (κ2) is 15.2. The monoisotopic (exact) mass is 682 g/mol. The van der Waals surface area contributed by atoms with Crippen LogP contribution >= 0.6 is 0 Å². The van der Waals surface area contributed by atoms with E-state index in [9.17, 15) is 0 Å². The van der Waals surface area contributed by atoms with Crippen molar-refractivity contribution < 1.29 is 42.1 Å². The minimum Gasteiger partial charge on any atom is -0.440 e. The van der Waals surface area contributed by atoms with Crippen LogP contribution in [0.4, 0.5) is 0 Å². The van der Waals surface area contributed by atoms with E-state index in [0.29, 0.717) is 19.8 Å². The molecule has 0 saturated carbocycles. The van der Waals surface area contributed by atoms with Crippen molar-refractivity contribution in [2.24, 2.45) is 0 Å². The smallest absolute Gasteiger partial charge is 0.440 e. The molecule has 0 bridgehead atoms. The predicted octanol–water partition coefficient (Wildman–Crippen LogP) is 5.84. The third-order valence-electron chi connectivity index (χ3n) is 4.31. The van der Waals surface area contributed by atoms with E-state index in [4.69, 9.17) is 42.1 Å². The van der Waals surface area contributed by atoms with Crippen LogP contribution in [-0.2, 0) is 42.1 Å². The molecule has 18 heteroatoms. The Balaban J connectivity index is 5.48. The molecule has 0 aliphatic heterocycles. The van der Waals surface area contributed by atoms with Crippen molar-refractivity contribution >= 4 is 69.5 Å². The summed E-state index contributed by atoms with van der Waals surface area (Å²) in [4.78, 5) is 0. The van der Waals surface area contributed by atoms with Crippen molar-refractivity contribution in [3.63, 3.8) is 0 Å². The van der Waals surface area contributed by atoms with Gasteiger partial charge in [0.1, 0.15) is 0 Å². The summed E-state index contributed by atoms with van der Waals surface area (Å²) in [5, 5.41) is 0. The fourth-order valence-electron chi connectivity index (χ4n) is 4.70. The summed E-state index contributed by atoms with van der Waals surface area (Å²) in [6, 6.07) is 0. The zero-order valence-corrected chi connectivity index (χ0v) is 35.4. The molecule has 230 valence electrons. The lowest BCUT2D eigenvalue weighted by atomic mass is 10.9. The van der Waals surface area contributed by atoms with E-state index in [1.165, 1.54) is 0 Å². The highest BCUT2D eigenvalue weighted by Gasteiger charge is 2.53. The van der Waals surface area contributed by atoms with E-state index in [1.807, 2.05) is 60.1 Å². The molecule has 0 saturated heterocycles. The van der Waals surface area contributed by atoms with Gasteiger partial charge in [0.15, 0.2) is 9.04 Å². The quantitative estimate of drug-likeness (QED) is 0.146. The van der Waals surface area contributed by atoms with E-state index in [-0.39, 0.29) is 0 Å². The summed E-state index contributed by atoms with van der Waals surface area (Å²) in [6.07, 6.45) is 0. The van der Waals surface area contributed by atoms with Crippen LogP contribution in [0, 0.1) is 0 Å². The maximum Gasteiger partial charge on any atom is 0.670 e.